The lowest BCUT2D eigenvalue weighted by Gasteiger charge is -2.13. The molecule has 0 fully saturated rings. The smallest absolute Gasteiger partial charge is 0.124 e. The van der Waals surface area contributed by atoms with Crippen LogP contribution in [0.3, 0.4) is 0 Å². The van der Waals surface area contributed by atoms with E-state index in [4.69, 9.17) is 10.5 Å². The number of phenolic OH excluding ortho intramolecular Hbond substituents is 1. The Kier molecular flexibility index (Phi) is 4.18. The van der Waals surface area contributed by atoms with E-state index in [1.54, 1.807) is 25.3 Å². The first-order chi connectivity index (χ1) is 7.19. The van der Waals surface area contributed by atoms with Gasteiger partial charge in [0.25, 0.3) is 0 Å². The molecule has 0 aliphatic rings. The lowest BCUT2D eigenvalue weighted by atomic mass is 10.0. The zero-order valence-corrected chi connectivity index (χ0v) is 8.94. The van der Waals surface area contributed by atoms with Crippen LogP contribution in [-0.4, -0.2) is 12.2 Å². The maximum Gasteiger partial charge on any atom is 0.124 e. The molecule has 3 heteroatoms. The maximum absolute atomic E-state index is 9.71. The van der Waals surface area contributed by atoms with Crippen LogP contribution in [0.4, 0.5) is 0 Å². The number of allylic oxidation sites excluding steroid dienone is 1. The Morgan fingerprint density at radius 3 is 2.87 bits per heavy atom. The quantitative estimate of drug-likeness (QED) is 0.729. The number of benzene rings is 1. The predicted molar refractivity (Wildman–Crippen MR) is 61.0 cm³/mol. The zero-order chi connectivity index (χ0) is 11.3. The Morgan fingerprint density at radius 2 is 2.33 bits per heavy atom. The number of methoxy groups -OCH3 is 1. The first-order valence-corrected chi connectivity index (χ1v) is 4.92. The molecular formula is C12H17NO2. The van der Waals surface area contributed by atoms with Gasteiger partial charge in [0.05, 0.1) is 7.11 Å². The molecule has 0 bridgehead atoms. The second-order valence-electron chi connectivity index (χ2n) is 3.40. The fraction of sp³-hybridized carbons (Fsp3) is 0.333. The van der Waals surface area contributed by atoms with E-state index in [9.17, 15) is 5.11 Å². The van der Waals surface area contributed by atoms with Gasteiger partial charge in [-0.25, -0.2) is 0 Å². The normalized spacial score (nSPS) is 12.1. The SMILES string of the molecule is C=CCC[C@@H](N)c1ccc(OC)cc1O. The van der Waals surface area contributed by atoms with Crippen LogP contribution in [0.2, 0.25) is 0 Å². The topological polar surface area (TPSA) is 55.5 Å². The second kappa shape index (κ2) is 5.41. The molecule has 82 valence electrons. The highest BCUT2D eigenvalue weighted by atomic mass is 16.5. The van der Waals surface area contributed by atoms with E-state index in [1.807, 2.05) is 6.08 Å². The van der Waals surface area contributed by atoms with Crippen LogP contribution in [0.1, 0.15) is 24.4 Å². The first kappa shape index (κ1) is 11.6. The molecule has 3 nitrogen and oxygen atoms in total. The number of hydrogen-bond acceptors (Lipinski definition) is 3. The first-order valence-electron chi connectivity index (χ1n) is 4.92. The van der Waals surface area contributed by atoms with Crippen molar-refractivity contribution in [2.75, 3.05) is 7.11 Å². The van der Waals surface area contributed by atoms with Crippen LogP contribution >= 0.6 is 0 Å². The molecule has 0 radical (unpaired) electrons. The second-order valence-corrected chi connectivity index (χ2v) is 3.40. The Bertz CT molecular complexity index is 336. The molecule has 1 atom stereocenters. The number of rotatable bonds is 5. The molecule has 0 aliphatic heterocycles. The highest BCUT2D eigenvalue weighted by molar-refractivity contribution is 5.41. The predicted octanol–water partition coefficient (Wildman–Crippen LogP) is 2.37. The Labute approximate surface area is 90.2 Å². The molecular weight excluding hydrogens is 190 g/mol. The summed E-state index contributed by atoms with van der Waals surface area (Å²) in [5.74, 6) is 0.818. The van der Waals surface area contributed by atoms with Crippen molar-refractivity contribution >= 4 is 0 Å². The minimum Gasteiger partial charge on any atom is -0.507 e. The van der Waals surface area contributed by atoms with Gasteiger partial charge in [0.15, 0.2) is 0 Å². The third-order valence-electron chi connectivity index (χ3n) is 2.32. The number of nitrogens with two attached hydrogens (primary N) is 1. The number of aromatic hydroxyl groups is 1. The zero-order valence-electron chi connectivity index (χ0n) is 8.94. The molecule has 0 aromatic heterocycles. The van der Waals surface area contributed by atoms with Gasteiger partial charge >= 0.3 is 0 Å². The van der Waals surface area contributed by atoms with E-state index < -0.39 is 0 Å². The Hall–Kier alpha value is -1.48. The van der Waals surface area contributed by atoms with Gasteiger partial charge in [-0.2, -0.15) is 0 Å². The van der Waals surface area contributed by atoms with Crippen molar-refractivity contribution in [3.05, 3.63) is 36.4 Å². The highest BCUT2D eigenvalue weighted by Gasteiger charge is 2.10. The van der Waals surface area contributed by atoms with Crippen molar-refractivity contribution < 1.29 is 9.84 Å². The van der Waals surface area contributed by atoms with E-state index in [0.717, 1.165) is 18.4 Å². The lowest BCUT2D eigenvalue weighted by Crippen LogP contribution is -2.09. The van der Waals surface area contributed by atoms with Crippen LogP contribution in [0, 0.1) is 0 Å². The van der Waals surface area contributed by atoms with Crippen LogP contribution < -0.4 is 10.5 Å². The molecule has 3 N–H and O–H groups in total. The van der Waals surface area contributed by atoms with E-state index in [1.165, 1.54) is 0 Å². The fourth-order valence-corrected chi connectivity index (χ4v) is 1.42. The van der Waals surface area contributed by atoms with Crippen LogP contribution in [0.5, 0.6) is 11.5 Å². The van der Waals surface area contributed by atoms with Crippen molar-refractivity contribution in [1.82, 2.24) is 0 Å². The van der Waals surface area contributed by atoms with Gasteiger partial charge in [-0.3, -0.25) is 0 Å². The summed E-state index contributed by atoms with van der Waals surface area (Å²) in [4.78, 5) is 0. The van der Waals surface area contributed by atoms with Crippen LogP contribution in [0.15, 0.2) is 30.9 Å². The average Bonchev–Trinajstić information content (AvgIpc) is 2.25. The standard InChI is InChI=1S/C12H17NO2/c1-3-4-5-11(13)10-7-6-9(15-2)8-12(10)14/h3,6-8,11,14H,1,4-5,13H2,2H3/t11-/m1/s1. The molecule has 0 unspecified atom stereocenters. The number of phenols is 1. The monoisotopic (exact) mass is 207 g/mol. The van der Waals surface area contributed by atoms with Gasteiger partial charge in [-0.05, 0) is 18.9 Å². The maximum atomic E-state index is 9.71. The number of hydrogen-bond donors (Lipinski definition) is 2. The van der Waals surface area contributed by atoms with E-state index in [-0.39, 0.29) is 11.8 Å². The summed E-state index contributed by atoms with van der Waals surface area (Å²) in [5, 5.41) is 9.71. The lowest BCUT2D eigenvalue weighted by molar-refractivity contribution is 0.405. The average molecular weight is 207 g/mol. The van der Waals surface area contributed by atoms with Gasteiger partial charge in [0.2, 0.25) is 0 Å². The van der Waals surface area contributed by atoms with Crippen molar-refractivity contribution in [1.29, 1.82) is 0 Å². The minimum absolute atomic E-state index is 0.158. The molecule has 1 rings (SSSR count). The van der Waals surface area contributed by atoms with Crippen molar-refractivity contribution in [2.24, 2.45) is 5.73 Å². The molecule has 15 heavy (non-hydrogen) atoms. The Balaban J connectivity index is 2.80. The summed E-state index contributed by atoms with van der Waals surface area (Å²) in [7, 11) is 1.56. The van der Waals surface area contributed by atoms with Crippen molar-refractivity contribution in [3.8, 4) is 11.5 Å². The minimum atomic E-state index is -0.158. The summed E-state index contributed by atoms with van der Waals surface area (Å²) in [6.45, 7) is 3.64. The van der Waals surface area contributed by atoms with E-state index in [2.05, 4.69) is 6.58 Å². The van der Waals surface area contributed by atoms with Gasteiger partial charge in [0, 0.05) is 17.7 Å². The molecule has 1 aromatic carbocycles. The summed E-state index contributed by atoms with van der Waals surface area (Å²) in [6, 6.07) is 5.00. The van der Waals surface area contributed by atoms with Gasteiger partial charge < -0.3 is 15.6 Å². The molecule has 0 amide bonds. The fourth-order valence-electron chi connectivity index (χ4n) is 1.42. The van der Waals surface area contributed by atoms with E-state index >= 15 is 0 Å². The van der Waals surface area contributed by atoms with Crippen LogP contribution in [-0.2, 0) is 0 Å². The highest BCUT2D eigenvalue weighted by Crippen LogP contribution is 2.29. The molecule has 0 heterocycles. The largest absolute Gasteiger partial charge is 0.507 e. The van der Waals surface area contributed by atoms with Gasteiger partial charge in [-0.1, -0.05) is 12.1 Å². The van der Waals surface area contributed by atoms with Gasteiger partial charge in [-0.15, -0.1) is 6.58 Å². The Morgan fingerprint density at radius 1 is 1.60 bits per heavy atom. The summed E-state index contributed by atoms with van der Waals surface area (Å²) >= 11 is 0. The summed E-state index contributed by atoms with van der Waals surface area (Å²) in [6.07, 6.45) is 3.44. The summed E-state index contributed by atoms with van der Waals surface area (Å²) < 4.78 is 4.99. The van der Waals surface area contributed by atoms with Crippen molar-refractivity contribution in [3.63, 3.8) is 0 Å². The van der Waals surface area contributed by atoms with E-state index in [0.29, 0.717) is 5.75 Å². The molecule has 0 aliphatic carbocycles. The third-order valence-corrected chi connectivity index (χ3v) is 2.32. The molecule has 0 spiro atoms. The van der Waals surface area contributed by atoms with Gasteiger partial charge in [0.1, 0.15) is 11.5 Å². The molecule has 1 aromatic rings. The van der Waals surface area contributed by atoms with Crippen molar-refractivity contribution in [2.45, 2.75) is 18.9 Å². The molecule has 0 saturated carbocycles. The van der Waals surface area contributed by atoms with Crippen LogP contribution in [0.25, 0.3) is 0 Å². The number of ether oxygens (including phenoxy) is 1. The summed E-state index contributed by atoms with van der Waals surface area (Å²) in [5.41, 5.74) is 6.67. The third kappa shape index (κ3) is 2.99. The molecule has 0 saturated heterocycles.